The van der Waals surface area contributed by atoms with E-state index in [0.29, 0.717) is 12.1 Å². The molecule has 3 aromatic rings. The van der Waals surface area contributed by atoms with Crippen LogP contribution in [0.1, 0.15) is 22.0 Å². The van der Waals surface area contributed by atoms with Gasteiger partial charge in [0.05, 0.1) is 24.2 Å². The van der Waals surface area contributed by atoms with E-state index in [-0.39, 0.29) is 11.9 Å². The first-order chi connectivity index (χ1) is 12.6. The molecule has 0 radical (unpaired) electrons. The number of aromatic nitrogens is 1. The van der Waals surface area contributed by atoms with E-state index in [4.69, 9.17) is 4.74 Å². The number of carbonyl (C=O) groups is 1. The second-order valence-corrected chi connectivity index (χ2v) is 6.34. The van der Waals surface area contributed by atoms with E-state index in [1.165, 1.54) is 0 Å². The van der Waals surface area contributed by atoms with Gasteiger partial charge in [0, 0.05) is 18.1 Å². The van der Waals surface area contributed by atoms with Gasteiger partial charge >= 0.3 is 0 Å². The lowest BCUT2D eigenvalue weighted by atomic mass is 10.0. The van der Waals surface area contributed by atoms with E-state index < -0.39 is 0 Å². The number of ether oxygens (including phenoxy) is 1. The zero-order valence-corrected chi connectivity index (χ0v) is 15.3. The Morgan fingerprint density at radius 2 is 1.85 bits per heavy atom. The molecule has 0 aliphatic rings. The normalized spacial score (nSPS) is 12.2. The number of fused-ring (bicyclic) bond motifs is 1. The van der Waals surface area contributed by atoms with Crippen molar-refractivity contribution in [2.45, 2.75) is 6.04 Å². The number of para-hydroxylation sites is 1. The van der Waals surface area contributed by atoms with Crippen molar-refractivity contribution < 1.29 is 9.53 Å². The van der Waals surface area contributed by atoms with Crippen LogP contribution < -0.4 is 10.1 Å². The molecule has 1 unspecified atom stereocenters. The van der Waals surface area contributed by atoms with Gasteiger partial charge in [-0.25, -0.2) is 0 Å². The zero-order chi connectivity index (χ0) is 18.5. The van der Waals surface area contributed by atoms with Gasteiger partial charge in [-0.2, -0.15) is 0 Å². The van der Waals surface area contributed by atoms with Crippen molar-refractivity contribution in [3.63, 3.8) is 0 Å². The summed E-state index contributed by atoms with van der Waals surface area (Å²) in [6.45, 7) is 0.501. The smallest absolute Gasteiger partial charge is 0.253 e. The van der Waals surface area contributed by atoms with Crippen molar-refractivity contribution in [1.29, 1.82) is 0 Å². The van der Waals surface area contributed by atoms with Gasteiger partial charge in [0.15, 0.2) is 0 Å². The van der Waals surface area contributed by atoms with Crippen LogP contribution in [-0.4, -0.2) is 43.5 Å². The van der Waals surface area contributed by atoms with Gasteiger partial charge < -0.3 is 15.0 Å². The summed E-state index contributed by atoms with van der Waals surface area (Å²) >= 11 is 0. The molecule has 0 fully saturated rings. The molecular formula is C21H23N3O2. The minimum absolute atomic E-state index is 0.0628. The van der Waals surface area contributed by atoms with Crippen molar-refractivity contribution in [1.82, 2.24) is 15.2 Å². The summed E-state index contributed by atoms with van der Waals surface area (Å²) in [5.74, 6) is 0.701. The maximum absolute atomic E-state index is 12.7. The zero-order valence-electron chi connectivity index (χ0n) is 15.3. The Morgan fingerprint density at radius 3 is 2.54 bits per heavy atom. The van der Waals surface area contributed by atoms with E-state index in [2.05, 4.69) is 15.2 Å². The maximum atomic E-state index is 12.7. The third kappa shape index (κ3) is 3.83. The van der Waals surface area contributed by atoms with Gasteiger partial charge in [-0.3, -0.25) is 9.78 Å². The number of carbonyl (C=O) groups excluding carboxylic acids is 1. The first-order valence-corrected chi connectivity index (χ1v) is 8.52. The molecular weight excluding hydrogens is 326 g/mol. The highest BCUT2D eigenvalue weighted by atomic mass is 16.5. The molecule has 1 atom stereocenters. The fraction of sp³-hybridized carbons (Fsp3) is 0.238. The maximum Gasteiger partial charge on any atom is 0.253 e. The second-order valence-electron chi connectivity index (χ2n) is 6.34. The van der Waals surface area contributed by atoms with Gasteiger partial charge in [-0.05, 0) is 43.9 Å². The van der Waals surface area contributed by atoms with Gasteiger partial charge in [-0.15, -0.1) is 0 Å². The lowest BCUT2D eigenvalue weighted by molar-refractivity contribution is 0.0943. The average molecular weight is 349 g/mol. The Balaban J connectivity index is 1.77. The van der Waals surface area contributed by atoms with E-state index in [9.17, 15) is 4.79 Å². The molecule has 0 aliphatic heterocycles. The molecule has 2 aromatic carbocycles. The molecule has 134 valence electrons. The van der Waals surface area contributed by atoms with Gasteiger partial charge in [0.25, 0.3) is 5.91 Å². The van der Waals surface area contributed by atoms with Gasteiger partial charge in [0.2, 0.25) is 0 Å². The Labute approximate surface area is 153 Å². The van der Waals surface area contributed by atoms with Crippen LogP contribution >= 0.6 is 0 Å². The standard InChI is InChI=1S/C21H23N3O2/c1-24(2)19(15-9-11-17(26-3)12-10-15)14-23-21(25)18-8-4-6-16-7-5-13-22-20(16)18/h4-13,19H,14H2,1-3H3,(H,23,25). The molecule has 5 heteroatoms. The lowest BCUT2D eigenvalue weighted by Crippen LogP contribution is -2.34. The molecule has 26 heavy (non-hydrogen) atoms. The number of rotatable bonds is 6. The summed E-state index contributed by atoms with van der Waals surface area (Å²) in [6, 6.07) is 17.4. The molecule has 0 saturated carbocycles. The lowest BCUT2D eigenvalue weighted by Gasteiger charge is -2.25. The number of benzene rings is 2. The molecule has 1 N–H and O–H groups in total. The summed E-state index contributed by atoms with van der Waals surface area (Å²) in [5, 5.41) is 4.01. The van der Waals surface area contributed by atoms with Crippen LogP contribution in [0.5, 0.6) is 5.75 Å². The third-order valence-corrected chi connectivity index (χ3v) is 4.46. The Hall–Kier alpha value is -2.92. The highest BCUT2D eigenvalue weighted by molar-refractivity contribution is 6.05. The fourth-order valence-corrected chi connectivity index (χ4v) is 3.00. The Kier molecular flexibility index (Phi) is 5.49. The van der Waals surface area contributed by atoms with E-state index in [1.54, 1.807) is 13.3 Å². The summed E-state index contributed by atoms with van der Waals surface area (Å²) in [7, 11) is 5.65. The highest BCUT2D eigenvalue weighted by Gasteiger charge is 2.17. The number of nitrogens with zero attached hydrogens (tertiary/aromatic N) is 2. The summed E-state index contributed by atoms with van der Waals surface area (Å²) in [6.07, 6.45) is 1.71. The number of hydrogen-bond donors (Lipinski definition) is 1. The number of pyridine rings is 1. The van der Waals surface area contributed by atoms with Crippen molar-refractivity contribution in [3.05, 3.63) is 71.9 Å². The first kappa shape index (κ1) is 17.9. The summed E-state index contributed by atoms with van der Waals surface area (Å²) in [5.41, 5.74) is 2.43. The largest absolute Gasteiger partial charge is 0.497 e. The van der Waals surface area contributed by atoms with Crippen molar-refractivity contribution in [2.24, 2.45) is 0 Å². The molecule has 3 rings (SSSR count). The number of amides is 1. The van der Waals surface area contributed by atoms with E-state index in [0.717, 1.165) is 22.2 Å². The number of likely N-dealkylation sites (N-methyl/N-ethyl adjacent to an activating group) is 1. The Morgan fingerprint density at radius 1 is 1.12 bits per heavy atom. The topological polar surface area (TPSA) is 54.5 Å². The molecule has 0 aliphatic carbocycles. The van der Waals surface area contributed by atoms with Crippen LogP contribution in [0.2, 0.25) is 0 Å². The second kappa shape index (κ2) is 7.97. The van der Waals surface area contributed by atoms with Crippen LogP contribution in [0.15, 0.2) is 60.8 Å². The molecule has 0 spiro atoms. The van der Waals surface area contributed by atoms with E-state index in [1.807, 2.05) is 68.7 Å². The number of nitrogens with one attached hydrogen (secondary N) is 1. The number of hydrogen-bond acceptors (Lipinski definition) is 4. The summed E-state index contributed by atoms with van der Waals surface area (Å²) < 4.78 is 5.22. The molecule has 0 saturated heterocycles. The summed E-state index contributed by atoms with van der Waals surface area (Å²) in [4.78, 5) is 19.2. The molecule has 0 bridgehead atoms. The van der Waals surface area contributed by atoms with Crippen molar-refractivity contribution in [3.8, 4) is 5.75 Å². The SMILES string of the molecule is COc1ccc(C(CNC(=O)c2cccc3cccnc23)N(C)C)cc1. The predicted octanol–water partition coefficient (Wildman–Crippen LogP) is 3.28. The third-order valence-electron chi connectivity index (χ3n) is 4.46. The van der Waals surface area contributed by atoms with Crippen molar-refractivity contribution in [2.75, 3.05) is 27.7 Å². The Bertz CT molecular complexity index is 886. The van der Waals surface area contributed by atoms with Crippen LogP contribution in [0.25, 0.3) is 10.9 Å². The molecule has 1 amide bonds. The molecule has 1 aromatic heterocycles. The van der Waals surface area contributed by atoms with Crippen molar-refractivity contribution >= 4 is 16.8 Å². The van der Waals surface area contributed by atoms with Crippen LogP contribution in [0.3, 0.4) is 0 Å². The number of methoxy groups -OCH3 is 1. The van der Waals surface area contributed by atoms with Crippen LogP contribution in [0.4, 0.5) is 0 Å². The predicted molar refractivity (Wildman–Crippen MR) is 103 cm³/mol. The van der Waals surface area contributed by atoms with Gasteiger partial charge in [-0.1, -0.05) is 30.3 Å². The quantitative estimate of drug-likeness (QED) is 0.742. The van der Waals surface area contributed by atoms with Crippen LogP contribution in [-0.2, 0) is 0 Å². The molecule has 5 nitrogen and oxygen atoms in total. The minimum atomic E-state index is -0.116. The minimum Gasteiger partial charge on any atom is -0.497 e. The average Bonchev–Trinajstić information content (AvgIpc) is 2.67. The highest BCUT2D eigenvalue weighted by Crippen LogP contribution is 2.21. The van der Waals surface area contributed by atoms with E-state index >= 15 is 0 Å². The first-order valence-electron chi connectivity index (χ1n) is 8.52. The molecule has 1 heterocycles. The fourth-order valence-electron chi connectivity index (χ4n) is 3.00. The monoisotopic (exact) mass is 349 g/mol. The van der Waals surface area contributed by atoms with Crippen LogP contribution in [0, 0.1) is 0 Å². The van der Waals surface area contributed by atoms with Gasteiger partial charge in [0.1, 0.15) is 5.75 Å².